The zero-order valence-corrected chi connectivity index (χ0v) is 27.9. The van der Waals surface area contributed by atoms with Crippen LogP contribution in [0.1, 0.15) is 78.6 Å². The molecule has 0 radical (unpaired) electrons. The van der Waals surface area contributed by atoms with Gasteiger partial charge in [0.25, 0.3) is 5.91 Å². The molecule has 0 aromatic carbocycles. The van der Waals surface area contributed by atoms with Gasteiger partial charge in [0.05, 0.1) is 12.2 Å². The third-order valence-corrected chi connectivity index (χ3v) is 12.0. The number of hydrogen-bond acceptors (Lipinski definition) is 10. The summed E-state index contributed by atoms with van der Waals surface area (Å²) >= 11 is 0. The number of nitrogen functional groups attached to an aromatic ring is 1. The third kappa shape index (κ3) is 6.14. The summed E-state index contributed by atoms with van der Waals surface area (Å²) in [5.74, 6) is -1.01. The smallest absolute Gasteiger partial charge is 0.335 e. The first-order valence-electron chi connectivity index (χ1n) is 17.0. The fourth-order valence-electron chi connectivity index (χ4n) is 9.50. The summed E-state index contributed by atoms with van der Waals surface area (Å²) < 4.78 is 1.80. The van der Waals surface area contributed by atoms with Gasteiger partial charge in [-0.1, -0.05) is 31.6 Å². The number of nitrogens with zero attached hydrogens (tertiary/aromatic N) is 4. The number of allylic oxidation sites excluding steroid dienone is 2. The van der Waals surface area contributed by atoms with Crippen molar-refractivity contribution in [2.45, 2.75) is 85.1 Å². The van der Waals surface area contributed by atoms with Gasteiger partial charge >= 0.3 is 5.97 Å². The maximum atomic E-state index is 13.7. The minimum atomic E-state index is -0.572. The Morgan fingerprint density at radius 2 is 1.83 bits per heavy atom. The highest BCUT2D eigenvalue weighted by Gasteiger charge is 2.63. The van der Waals surface area contributed by atoms with E-state index < -0.39 is 17.8 Å². The van der Waals surface area contributed by atoms with Crippen LogP contribution in [-0.2, 0) is 35.4 Å². The molecule has 13 nitrogen and oxygen atoms in total. The number of amides is 2. The number of nitrogens with two attached hydrogens (primary N) is 1. The van der Waals surface area contributed by atoms with Crippen LogP contribution in [0.4, 0.5) is 5.82 Å². The van der Waals surface area contributed by atoms with Crippen molar-refractivity contribution in [1.82, 2.24) is 30.3 Å². The van der Waals surface area contributed by atoms with Crippen LogP contribution >= 0.6 is 0 Å². The molecular formula is C35H45N7O6. The van der Waals surface area contributed by atoms with Gasteiger partial charge in [-0.2, -0.15) is 5.48 Å². The molecule has 256 valence electrons. The van der Waals surface area contributed by atoms with Gasteiger partial charge in [-0.15, -0.1) is 0 Å². The summed E-state index contributed by atoms with van der Waals surface area (Å²) in [6.45, 7) is 6.87. The molecule has 0 unspecified atom stereocenters. The van der Waals surface area contributed by atoms with Crippen molar-refractivity contribution in [2.75, 3.05) is 12.3 Å². The van der Waals surface area contributed by atoms with Gasteiger partial charge in [0.15, 0.2) is 17.2 Å². The normalized spacial score (nSPS) is 31.0. The Kier molecular flexibility index (Phi) is 9.23. The second-order valence-corrected chi connectivity index (χ2v) is 14.5. The van der Waals surface area contributed by atoms with Crippen LogP contribution < -0.4 is 16.5 Å². The lowest BCUT2D eigenvalue weighted by Crippen LogP contribution is -2.56. The molecule has 0 bridgehead atoms. The minimum Gasteiger partial charge on any atom is -0.382 e. The van der Waals surface area contributed by atoms with E-state index in [1.165, 1.54) is 6.33 Å². The molecule has 2 heterocycles. The SMILES string of the molecule is CC(=O)[C@H]1CC[C@H]2[C@@H]3[C@H](C(=O)ONC(=O)CCC(=O)NC/C=C\Cn4cnc5c(N)ncnc54)CC4=CC(=O)CC[C@]4(C)[C@H]3CC[C@]12C. The summed E-state index contributed by atoms with van der Waals surface area (Å²) in [7, 11) is 0. The van der Waals surface area contributed by atoms with E-state index >= 15 is 0 Å². The van der Waals surface area contributed by atoms with Crippen LogP contribution in [0.3, 0.4) is 0 Å². The number of fused-ring (bicyclic) bond motifs is 6. The molecule has 4 N–H and O–H groups in total. The van der Waals surface area contributed by atoms with E-state index in [1.54, 1.807) is 30.0 Å². The zero-order valence-electron chi connectivity index (χ0n) is 27.9. The Hall–Kier alpha value is -4.42. The number of hydrogen-bond donors (Lipinski definition) is 3. The summed E-state index contributed by atoms with van der Waals surface area (Å²) in [5.41, 5.74) is 9.88. The van der Waals surface area contributed by atoms with E-state index in [0.717, 1.165) is 37.7 Å². The number of rotatable bonds is 9. The van der Waals surface area contributed by atoms with E-state index in [4.69, 9.17) is 10.6 Å². The van der Waals surface area contributed by atoms with Crippen LogP contribution in [0.5, 0.6) is 0 Å². The van der Waals surface area contributed by atoms with Crippen molar-refractivity contribution in [3.63, 3.8) is 0 Å². The number of carbonyl (C=O) groups excluding carboxylic acids is 5. The standard InChI is InChI=1S/C35H45N7O6/c1-20(43)24-6-7-25-29-23(17-21-16-22(44)10-12-34(21,2)26(29)11-13-35(24,25)3)33(47)48-41-28(46)9-8-27(45)37-14-4-5-15-42-19-40-30-31(36)38-18-39-32(30)42/h4-5,16,18-19,23-26,29H,6-15,17H2,1-3H3,(H,37,45)(H,41,46)(H2,36,38,39)/b5-4-/t23-,24-,25+,26+,29+,34+,35-/m1/s1. The van der Waals surface area contributed by atoms with Crippen LogP contribution in [0.25, 0.3) is 11.2 Å². The Balaban J connectivity index is 1.02. The third-order valence-electron chi connectivity index (χ3n) is 12.0. The van der Waals surface area contributed by atoms with Crippen LogP contribution in [0.2, 0.25) is 0 Å². The first kappa shape index (κ1) is 33.5. The molecule has 0 spiro atoms. The largest absolute Gasteiger partial charge is 0.382 e. The van der Waals surface area contributed by atoms with Crippen molar-refractivity contribution in [3.8, 4) is 0 Å². The highest BCUT2D eigenvalue weighted by molar-refractivity contribution is 5.92. The zero-order chi connectivity index (χ0) is 34.2. The van der Waals surface area contributed by atoms with Crippen molar-refractivity contribution in [3.05, 3.63) is 36.5 Å². The monoisotopic (exact) mass is 659 g/mol. The average molecular weight is 660 g/mol. The number of ketones is 2. The number of aromatic nitrogens is 4. The van der Waals surface area contributed by atoms with Gasteiger partial charge < -0.3 is 20.5 Å². The molecule has 48 heavy (non-hydrogen) atoms. The van der Waals surface area contributed by atoms with Crippen molar-refractivity contribution >= 4 is 46.3 Å². The maximum absolute atomic E-state index is 13.7. The van der Waals surface area contributed by atoms with Crippen LogP contribution in [0.15, 0.2) is 36.5 Å². The number of nitrogens with one attached hydrogen (secondary N) is 2. The second kappa shape index (κ2) is 13.2. The molecule has 0 aliphatic heterocycles. The van der Waals surface area contributed by atoms with Crippen molar-refractivity contribution in [2.24, 2.45) is 40.4 Å². The van der Waals surface area contributed by atoms with Gasteiger partial charge in [-0.05, 0) is 80.1 Å². The van der Waals surface area contributed by atoms with Gasteiger partial charge in [-0.3, -0.25) is 19.2 Å². The highest BCUT2D eigenvalue weighted by atomic mass is 16.7. The highest BCUT2D eigenvalue weighted by Crippen LogP contribution is 2.68. The molecule has 6 rings (SSSR count). The summed E-state index contributed by atoms with van der Waals surface area (Å²) in [4.78, 5) is 81.6. The van der Waals surface area contributed by atoms with Gasteiger partial charge in [0.2, 0.25) is 5.91 Å². The topological polar surface area (TPSA) is 188 Å². The first-order valence-corrected chi connectivity index (χ1v) is 17.0. The van der Waals surface area contributed by atoms with E-state index in [2.05, 4.69) is 39.6 Å². The van der Waals surface area contributed by atoms with Gasteiger partial charge in [0, 0.05) is 38.3 Å². The molecule has 0 saturated heterocycles. The number of hydroxylamine groups is 1. The van der Waals surface area contributed by atoms with E-state index in [-0.39, 0.29) is 71.4 Å². The Morgan fingerprint density at radius 1 is 1.04 bits per heavy atom. The number of anilines is 1. The second-order valence-electron chi connectivity index (χ2n) is 14.5. The van der Waals surface area contributed by atoms with E-state index in [9.17, 15) is 24.0 Å². The molecule has 2 amide bonds. The molecule has 4 aliphatic rings. The van der Waals surface area contributed by atoms with E-state index in [0.29, 0.717) is 36.4 Å². The Morgan fingerprint density at radius 3 is 2.62 bits per heavy atom. The lowest BCUT2D eigenvalue weighted by atomic mass is 9.44. The van der Waals surface area contributed by atoms with Crippen molar-refractivity contribution in [1.29, 1.82) is 0 Å². The Labute approximate surface area is 279 Å². The van der Waals surface area contributed by atoms with Gasteiger partial charge in [-0.25, -0.2) is 19.7 Å². The number of imidazole rings is 1. The molecule has 3 fully saturated rings. The molecule has 4 aliphatic carbocycles. The average Bonchev–Trinajstić information content (AvgIpc) is 3.64. The molecular weight excluding hydrogens is 614 g/mol. The molecule has 2 aromatic heterocycles. The van der Waals surface area contributed by atoms with Crippen LogP contribution in [0, 0.1) is 40.4 Å². The summed E-state index contributed by atoms with van der Waals surface area (Å²) in [6.07, 6.45) is 13.3. The van der Waals surface area contributed by atoms with Crippen LogP contribution in [-0.4, -0.2) is 55.4 Å². The maximum Gasteiger partial charge on any atom is 0.335 e. The number of Topliss-reactive ketones (excluding diaryl/α,β-unsaturated/α-hetero) is 1. The lowest BCUT2D eigenvalue weighted by molar-refractivity contribution is -0.172. The number of carbonyl (C=O) groups is 5. The molecule has 13 heteroatoms. The minimum absolute atomic E-state index is 0.00871. The van der Waals surface area contributed by atoms with Gasteiger partial charge in [0.1, 0.15) is 17.6 Å². The quantitative estimate of drug-likeness (QED) is 0.266. The Bertz CT molecular complexity index is 1700. The lowest BCUT2D eigenvalue weighted by Gasteiger charge is -2.59. The fraction of sp³-hybridized carbons (Fsp3) is 0.600. The first-order chi connectivity index (χ1) is 22.9. The predicted octanol–water partition coefficient (Wildman–Crippen LogP) is 3.40. The summed E-state index contributed by atoms with van der Waals surface area (Å²) in [6, 6.07) is 0. The molecule has 3 saturated carbocycles. The molecule has 2 aromatic rings. The van der Waals surface area contributed by atoms with Crippen molar-refractivity contribution < 1.29 is 28.8 Å². The summed E-state index contributed by atoms with van der Waals surface area (Å²) in [5, 5.41) is 2.74. The molecule has 7 atom stereocenters. The fourth-order valence-corrected chi connectivity index (χ4v) is 9.50. The van der Waals surface area contributed by atoms with E-state index in [1.807, 2.05) is 6.08 Å². The predicted molar refractivity (Wildman–Crippen MR) is 175 cm³/mol.